The molecule has 326 valence electrons. The molecule has 0 spiro atoms. The van der Waals surface area contributed by atoms with E-state index >= 15 is 0 Å². The molecule has 0 radical (unpaired) electrons. The first-order valence-corrected chi connectivity index (χ1v) is 19.9. The molecule has 1 amide bonds. The highest BCUT2D eigenvalue weighted by Crippen LogP contribution is 2.36. The van der Waals surface area contributed by atoms with Crippen LogP contribution >= 0.6 is 0 Å². The molecule has 2 aromatic carbocycles. The molecule has 0 aliphatic heterocycles. The predicted molar refractivity (Wildman–Crippen MR) is 195 cm³/mol. The highest BCUT2D eigenvalue weighted by atomic mass is 32.2. The van der Waals surface area contributed by atoms with Crippen molar-refractivity contribution in [2.45, 2.75) is 19.3 Å². The van der Waals surface area contributed by atoms with Gasteiger partial charge in [-0.2, -0.15) is 35.7 Å². The van der Waals surface area contributed by atoms with Gasteiger partial charge in [0.25, 0.3) is 22.9 Å². The summed E-state index contributed by atoms with van der Waals surface area (Å²) >= 11 is 0. The monoisotopic (exact) mass is 909 g/mol. The number of nitrogens with zero attached hydrogens (tertiary/aromatic N) is 8. The molecule has 0 saturated heterocycles. The second-order valence-electron chi connectivity index (χ2n) is 12.0. The Morgan fingerprint density at radius 2 is 1.10 bits per heavy atom. The van der Waals surface area contributed by atoms with E-state index in [1.165, 1.54) is 14.0 Å². The zero-order valence-electron chi connectivity index (χ0n) is 30.8. The minimum Gasteiger partial charge on any atom is -0.460 e. The summed E-state index contributed by atoms with van der Waals surface area (Å²) in [6.07, 6.45) is -6.89. The van der Waals surface area contributed by atoms with Crippen molar-refractivity contribution in [3.63, 3.8) is 0 Å². The summed E-state index contributed by atoms with van der Waals surface area (Å²) in [5.74, 6) is -2.68. The number of sulfonamides is 2. The minimum absolute atomic E-state index is 0.0165. The summed E-state index contributed by atoms with van der Waals surface area (Å²) < 4.78 is 133. The van der Waals surface area contributed by atoms with E-state index < -0.39 is 123 Å². The number of aromatic amines is 2. The number of fused-ring (bicyclic) bond motifs is 2. The van der Waals surface area contributed by atoms with Crippen LogP contribution in [0.4, 0.5) is 26.3 Å². The summed E-state index contributed by atoms with van der Waals surface area (Å²) in [4.78, 5) is 87.0. The average Bonchev–Trinajstić information content (AvgIpc) is 3.84. The van der Waals surface area contributed by atoms with Gasteiger partial charge in [0.05, 0.1) is 63.4 Å². The van der Waals surface area contributed by atoms with E-state index in [9.17, 15) is 71.9 Å². The van der Waals surface area contributed by atoms with E-state index in [1.807, 2.05) is 9.97 Å². The Kier molecular flexibility index (Phi) is 11.7. The van der Waals surface area contributed by atoms with Crippen molar-refractivity contribution in [3.05, 3.63) is 101 Å². The second-order valence-corrected chi connectivity index (χ2v) is 15.5. The molecule has 0 fully saturated rings. The van der Waals surface area contributed by atoms with Gasteiger partial charge in [-0.15, -0.1) is 10.2 Å². The number of carbonyl (C=O) groups is 2. The van der Waals surface area contributed by atoms with Crippen LogP contribution in [0.5, 0.6) is 0 Å². The van der Waals surface area contributed by atoms with Crippen molar-refractivity contribution in [1.82, 2.24) is 54.2 Å². The predicted octanol–water partition coefficient (Wildman–Crippen LogP) is -0.879. The molecular formula is C29H25F6N13O11S2. The van der Waals surface area contributed by atoms with Crippen LogP contribution in [0.25, 0.3) is 33.2 Å². The van der Waals surface area contributed by atoms with Crippen molar-refractivity contribution in [2.75, 3.05) is 35.8 Å². The largest absolute Gasteiger partial charge is 0.460 e. The zero-order valence-corrected chi connectivity index (χ0v) is 32.5. The third-order valence-electron chi connectivity index (χ3n) is 7.52. The molecule has 0 bridgehead atoms. The lowest BCUT2D eigenvalue weighted by molar-refractivity contribution is -0.138. The first-order valence-electron chi connectivity index (χ1n) is 16.1. The number of carbonyl (C=O) groups excluding carboxylic acids is 2. The third-order valence-corrected chi connectivity index (χ3v) is 8.55. The molecule has 6 aromatic rings. The lowest BCUT2D eigenvalue weighted by Crippen LogP contribution is -2.43. The van der Waals surface area contributed by atoms with Crippen LogP contribution in [0, 0.1) is 0 Å². The van der Waals surface area contributed by atoms with Crippen LogP contribution < -0.4 is 37.5 Å². The smallest absolute Gasteiger partial charge is 0.418 e. The quantitative estimate of drug-likeness (QED) is 0.0869. The normalized spacial score (nSPS) is 12.2. The molecule has 6 rings (SSSR count). The lowest BCUT2D eigenvalue weighted by atomic mass is 10.1. The first kappa shape index (κ1) is 44.7. The Labute approximate surface area is 332 Å². The summed E-state index contributed by atoms with van der Waals surface area (Å²) in [6, 6.07) is 2.48. The second kappa shape index (κ2) is 16.0. The molecule has 4 aromatic heterocycles. The number of halogens is 6. The summed E-state index contributed by atoms with van der Waals surface area (Å²) in [5.41, 5.74) is -9.98. The number of ether oxygens (including phenoxy) is 1. The maximum absolute atomic E-state index is 13.6. The van der Waals surface area contributed by atoms with Crippen molar-refractivity contribution >= 4 is 53.7 Å². The minimum atomic E-state index is -4.95. The number of alkyl halides is 6. The van der Waals surface area contributed by atoms with Gasteiger partial charge in [-0.1, -0.05) is 0 Å². The van der Waals surface area contributed by atoms with Gasteiger partial charge in [-0.25, -0.2) is 60.2 Å². The summed E-state index contributed by atoms with van der Waals surface area (Å²) in [6.45, 7) is 1.49. The fourth-order valence-electron chi connectivity index (χ4n) is 5.10. The van der Waals surface area contributed by atoms with Gasteiger partial charge in [-0.05, 0) is 31.2 Å². The molecule has 32 heteroatoms. The highest BCUT2D eigenvalue weighted by molar-refractivity contribution is 7.91. The molecule has 0 saturated carbocycles. The highest BCUT2D eigenvalue weighted by Gasteiger charge is 2.37. The van der Waals surface area contributed by atoms with Crippen molar-refractivity contribution in [3.8, 4) is 11.4 Å². The Bertz CT molecular complexity index is 3220. The standard InChI is InChI=1S/C15H13F3N6O6S.C14H12F3N7O5S/c1-3-30-13(26)11-19-6-23(21-11)10-4-7-9(5-8(10)15(16,17)18)20-14(27)24(12(7)25)22-31(2,28)29;1-18-11(25)10-19-5-23(21-10)9-3-6-8(4-7(9)14(15,16)17)20-13(27)24(12(6)26)22-30(2,28)29/h4-6,22H,3H2,1-2H3,(H,20,27);3-5,22H,1-2H3,(H,18,25)(H,20,27). The molecule has 4 heterocycles. The van der Waals surface area contributed by atoms with E-state index in [0.29, 0.717) is 34.0 Å². The topological polar surface area (TPSA) is 319 Å². The zero-order chi connectivity index (χ0) is 45.6. The van der Waals surface area contributed by atoms with Gasteiger partial charge in [0.15, 0.2) is 0 Å². The number of hydrogen-bond acceptors (Lipinski definition) is 15. The van der Waals surface area contributed by atoms with E-state index in [2.05, 4.69) is 30.2 Å². The van der Waals surface area contributed by atoms with Crippen LogP contribution in [0.3, 0.4) is 0 Å². The molecule has 0 atom stereocenters. The van der Waals surface area contributed by atoms with E-state index in [1.54, 1.807) is 9.66 Å². The number of aromatic nitrogens is 10. The lowest BCUT2D eigenvalue weighted by Gasteiger charge is -2.14. The summed E-state index contributed by atoms with van der Waals surface area (Å²) in [5, 5.41) is 8.60. The maximum Gasteiger partial charge on any atom is 0.418 e. The van der Waals surface area contributed by atoms with Gasteiger partial charge < -0.3 is 20.0 Å². The van der Waals surface area contributed by atoms with Gasteiger partial charge in [0, 0.05) is 7.05 Å². The average molecular weight is 910 g/mol. The number of rotatable bonds is 9. The Hall–Kier alpha value is -7.38. The van der Waals surface area contributed by atoms with E-state index in [4.69, 9.17) is 0 Å². The molecule has 24 nitrogen and oxygen atoms in total. The van der Waals surface area contributed by atoms with Crippen LogP contribution in [-0.2, 0) is 37.1 Å². The van der Waals surface area contributed by atoms with Gasteiger partial charge in [-0.3, -0.25) is 14.4 Å². The number of H-pyrrole nitrogens is 2. The Morgan fingerprint density at radius 1 is 0.705 bits per heavy atom. The van der Waals surface area contributed by atoms with Crippen molar-refractivity contribution in [2.24, 2.45) is 0 Å². The number of amides is 1. The molecule has 0 aliphatic carbocycles. The number of hydrogen-bond donors (Lipinski definition) is 5. The third kappa shape index (κ3) is 9.75. The van der Waals surface area contributed by atoms with Crippen molar-refractivity contribution in [1.29, 1.82) is 0 Å². The van der Waals surface area contributed by atoms with Crippen LogP contribution in [-0.4, -0.2) is 104 Å². The van der Waals surface area contributed by atoms with Gasteiger partial charge in [0.1, 0.15) is 12.7 Å². The molecule has 0 aliphatic rings. The molecule has 5 N–H and O–H groups in total. The first-order chi connectivity index (χ1) is 28.1. The van der Waals surface area contributed by atoms with E-state index in [-0.39, 0.29) is 16.0 Å². The Balaban J connectivity index is 0.000000231. The fourth-order valence-corrected chi connectivity index (χ4v) is 6.09. The fraction of sp³-hybridized carbons (Fsp3) is 0.241. The summed E-state index contributed by atoms with van der Waals surface area (Å²) in [7, 11) is -6.84. The Morgan fingerprint density at radius 3 is 1.46 bits per heavy atom. The maximum atomic E-state index is 13.6. The number of nitrogens with one attached hydrogen (secondary N) is 5. The SMILES string of the molecule is CCOC(=O)c1ncn(-c2cc3c(=O)n(NS(C)(=O)=O)c(=O)[nH]c3cc2C(F)(F)F)n1.CNC(=O)c1ncn(-c2cc3c(=O)n(NS(C)(=O)=O)c(=O)[nH]c3cc2C(F)(F)F)n1. The molecule has 0 unspecified atom stereocenters. The molecular weight excluding hydrogens is 885 g/mol. The number of esters is 1. The number of benzene rings is 2. The van der Waals surface area contributed by atoms with Crippen LogP contribution in [0.1, 0.15) is 39.3 Å². The molecule has 61 heavy (non-hydrogen) atoms. The van der Waals surface area contributed by atoms with E-state index in [0.717, 1.165) is 24.8 Å². The van der Waals surface area contributed by atoms with Gasteiger partial charge in [0.2, 0.25) is 25.9 Å². The van der Waals surface area contributed by atoms with Crippen LogP contribution in [0.15, 0.2) is 56.1 Å². The van der Waals surface area contributed by atoms with Gasteiger partial charge >= 0.3 is 29.7 Å². The van der Waals surface area contributed by atoms with Crippen LogP contribution in [0.2, 0.25) is 0 Å². The van der Waals surface area contributed by atoms with Crippen molar-refractivity contribution < 1.29 is 57.5 Å².